The molecule has 0 atom stereocenters. The fourth-order valence-corrected chi connectivity index (χ4v) is 10.5. The third-order valence-electron chi connectivity index (χ3n) is 11.3. The van der Waals surface area contributed by atoms with Crippen molar-refractivity contribution in [1.29, 1.82) is 0 Å². The van der Waals surface area contributed by atoms with Gasteiger partial charge in [-0.25, -0.2) is 13.4 Å². The van der Waals surface area contributed by atoms with Gasteiger partial charge in [-0.3, -0.25) is 5.04 Å². The SMILES string of the molecule is C\[N+](=C1C(=C/C=C2/N(CCCCSOO[O-])c3ccccc3C2(C)C)CCC/1=C\C=C1\N(CCCCS(=O)(=O)[O-])c2ccccc2C1(C)C)S(=O)(=O)c1ccccn1. The van der Waals surface area contributed by atoms with Crippen LogP contribution in [0.1, 0.15) is 77.3 Å². The standard InChI is InChI=1S/C43H52N4O8S3/c1-42(2)34-16-6-8-18-36(34)46(28-12-14-30-56-55-54-48)38(42)25-23-32-21-22-33(41(32)45(5)58(52,53)40-20-10-11-27-44-40)24-26-39-43(3,4)35-17-7-9-19-37(35)47(39)29-13-15-31-57(49,50)51/h6-11,16-20,23-27H,12-15,21-22,28-31H2,1-5H3,(H-,48,49,50,51)/p-1. The van der Waals surface area contributed by atoms with Gasteiger partial charge in [-0.2, -0.15) is 12.8 Å². The molecule has 12 nitrogen and oxygen atoms in total. The average molecular weight is 848 g/mol. The van der Waals surface area contributed by atoms with E-state index in [1.54, 1.807) is 19.2 Å². The Morgan fingerprint density at radius 1 is 0.759 bits per heavy atom. The lowest BCUT2D eigenvalue weighted by molar-refractivity contribution is -0.777. The summed E-state index contributed by atoms with van der Waals surface area (Å²) in [5.74, 6) is 0.197. The second-order valence-corrected chi connectivity index (χ2v) is 19.9. The Balaban J connectivity index is 1.42. The van der Waals surface area contributed by atoms with Crippen LogP contribution in [-0.4, -0.2) is 67.7 Å². The Hall–Kier alpha value is -4.09. The number of nitrogens with zero attached hydrogens (tertiary/aromatic N) is 4. The second kappa shape index (κ2) is 18.0. The predicted molar refractivity (Wildman–Crippen MR) is 225 cm³/mol. The number of allylic oxidation sites excluding steroid dienone is 8. The Bertz CT molecular complexity index is 2370. The summed E-state index contributed by atoms with van der Waals surface area (Å²) in [6.07, 6.45) is 13.4. The van der Waals surface area contributed by atoms with E-state index in [0.29, 0.717) is 37.3 Å². The molecule has 0 unspecified atom stereocenters. The molecule has 3 aliphatic rings. The molecule has 1 aromatic heterocycles. The molecular weight excluding hydrogens is 797 g/mol. The number of sulfonamides is 1. The van der Waals surface area contributed by atoms with Crippen molar-refractivity contribution >= 4 is 49.3 Å². The first-order valence-corrected chi connectivity index (χ1v) is 23.4. The Kier molecular flexibility index (Phi) is 13.5. The molecule has 15 heteroatoms. The van der Waals surface area contributed by atoms with Gasteiger partial charge in [0.15, 0.2) is 7.05 Å². The third-order valence-corrected chi connectivity index (χ3v) is 14.4. The first-order valence-electron chi connectivity index (χ1n) is 19.4. The van der Waals surface area contributed by atoms with Crippen LogP contribution in [0.25, 0.3) is 0 Å². The van der Waals surface area contributed by atoms with Crippen LogP contribution in [0.15, 0.2) is 125 Å². The Morgan fingerprint density at radius 3 is 1.78 bits per heavy atom. The van der Waals surface area contributed by atoms with Gasteiger partial charge in [0.1, 0.15) is 0 Å². The van der Waals surface area contributed by atoms with Gasteiger partial charge in [0, 0.05) is 87.6 Å². The highest BCUT2D eigenvalue weighted by atomic mass is 32.2. The number of para-hydroxylation sites is 2. The molecule has 1 saturated carbocycles. The minimum Gasteiger partial charge on any atom is -0.748 e. The van der Waals surface area contributed by atoms with E-state index in [1.165, 1.54) is 21.8 Å². The van der Waals surface area contributed by atoms with E-state index in [0.717, 1.165) is 70.9 Å². The van der Waals surface area contributed by atoms with E-state index in [9.17, 15) is 26.6 Å². The summed E-state index contributed by atoms with van der Waals surface area (Å²) in [5, 5.41) is 13.7. The number of rotatable bonds is 16. The molecule has 0 bridgehead atoms. The van der Waals surface area contributed by atoms with Gasteiger partial charge >= 0.3 is 10.0 Å². The van der Waals surface area contributed by atoms with E-state index in [-0.39, 0.29) is 16.9 Å². The largest absolute Gasteiger partial charge is 0.748 e. The Labute approximate surface area is 347 Å². The number of fused-ring (bicyclic) bond motifs is 2. The van der Waals surface area contributed by atoms with E-state index in [2.05, 4.69) is 88.3 Å². The number of anilines is 2. The molecule has 0 amide bonds. The molecule has 0 saturated heterocycles. The summed E-state index contributed by atoms with van der Waals surface area (Å²) in [5.41, 5.74) is 8.15. The molecule has 310 valence electrons. The molecular formula is C43H51N4O8S3-. The molecule has 6 rings (SSSR count). The van der Waals surface area contributed by atoms with Crippen molar-refractivity contribution in [2.45, 2.75) is 82.1 Å². The lowest BCUT2D eigenvalue weighted by Gasteiger charge is -2.27. The molecule has 3 aromatic rings. The highest BCUT2D eigenvalue weighted by Gasteiger charge is 2.42. The smallest absolute Gasteiger partial charge is 0.412 e. The lowest BCUT2D eigenvalue weighted by Crippen LogP contribution is -2.28. The lowest BCUT2D eigenvalue weighted by atomic mass is 9.83. The maximum Gasteiger partial charge on any atom is 0.412 e. The minimum atomic E-state index is -4.32. The summed E-state index contributed by atoms with van der Waals surface area (Å²) < 4.78 is 68.3. The van der Waals surface area contributed by atoms with Crippen molar-refractivity contribution < 1.29 is 40.0 Å². The summed E-state index contributed by atoms with van der Waals surface area (Å²) >= 11 is 0.985. The van der Waals surface area contributed by atoms with Crippen LogP contribution in [0.5, 0.6) is 0 Å². The third kappa shape index (κ3) is 9.20. The zero-order valence-electron chi connectivity index (χ0n) is 33.6. The molecule has 0 spiro atoms. The van der Waals surface area contributed by atoms with Crippen molar-refractivity contribution in [1.82, 2.24) is 4.98 Å². The molecule has 0 radical (unpaired) electrons. The summed E-state index contributed by atoms with van der Waals surface area (Å²) in [6.45, 7) is 9.95. The summed E-state index contributed by atoms with van der Waals surface area (Å²) in [7, 11) is -6.77. The van der Waals surface area contributed by atoms with E-state index in [1.807, 2.05) is 36.4 Å². The van der Waals surface area contributed by atoms with Gasteiger partial charge < -0.3 is 19.6 Å². The molecule has 2 aromatic carbocycles. The van der Waals surface area contributed by atoms with Crippen molar-refractivity contribution in [2.24, 2.45) is 0 Å². The normalized spacial score (nSPS) is 21.1. The van der Waals surface area contributed by atoms with E-state index < -0.39 is 31.3 Å². The van der Waals surface area contributed by atoms with Crippen LogP contribution in [0.2, 0.25) is 0 Å². The zero-order valence-corrected chi connectivity index (χ0v) is 36.0. The first kappa shape index (κ1) is 43.5. The molecule has 58 heavy (non-hydrogen) atoms. The van der Waals surface area contributed by atoms with Gasteiger partial charge in [-0.15, -0.1) is 3.98 Å². The summed E-state index contributed by atoms with van der Waals surface area (Å²) in [4.78, 5) is 8.72. The molecule has 3 heterocycles. The zero-order chi connectivity index (χ0) is 41.7. The fourth-order valence-electron chi connectivity index (χ4n) is 8.36. The van der Waals surface area contributed by atoms with Gasteiger partial charge in [-0.1, -0.05) is 82.3 Å². The van der Waals surface area contributed by atoms with Crippen molar-refractivity contribution in [2.75, 3.05) is 41.4 Å². The number of hydrogen-bond acceptors (Lipinski definition) is 12. The maximum atomic E-state index is 14.2. The van der Waals surface area contributed by atoms with Gasteiger partial charge in [0.2, 0.25) is 10.7 Å². The number of hydrogen-bond donors (Lipinski definition) is 0. The van der Waals surface area contributed by atoms with Gasteiger partial charge in [0.05, 0.1) is 10.1 Å². The van der Waals surface area contributed by atoms with Crippen molar-refractivity contribution in [3.05, 3.63) is 131 Å². The molecule has 2 aliphatic heterocycles. The van der Waals surface area contributed by atoms with Crippen LogP contribution < -0.4 is 15.1 Å². The number of unbranched alkanes of at least 4 members (excludes halogenated alkanes) is 2. The Morgan fingerprint density at radius 2 is 1.28 bits per heavy atom. The predicted octanol–water partition coefficient (Wildman–Crippen LogP) is 6.84. The van der Waals surface area contributed by atoms with Crippen LogP contribution in [0, 0.1) is 0 Å². The highest BCUT2D eigenvalue weighted by molar-refractivity contribution is 7.94. The summed E-state index contributed by atoms with van der Waals surface area (Å²) in [6, 6.07) is 21.3. The van der Waals surface area contributed by atoms with Crippen LogP contribution in [0.3, 0.4) is 0 Å². The molecule has 0 N–H and O–H groups in total. The topological polar surface area (TPSA) is 155 Å². The van der Waals surface area contributed by atoms with Crippen LogP contribution in [0.4, 0.5) is 11.4 Å². The van der Waals surface area contributed by atoms with Crippen LogP contribution >= 0.6 is 12.0 Å². The van der Waals surface area contributed by atoms with Crippen molar-refractivity contribution in [3.63, 3.8) is 0 Å². The quantitative estimate of drug-likeness (QED) is 0.0370. The van der Waals surface area contributed by atoms with E-state index in [4.69, 9.17) is 0 Å². The molecule has 1 aliphatic carbocycles. The molecule has 1 fully saturated rings. The maximum absolute atomic E-state index is 14.2. The van der Waals surface area contributed by atoms with Crippen molar-refractivity contribution in [3.8, 4) is 0 Å². The van der Waals surface area contributed by atoms with Gasteiger partial charge in [-0.05, 0) is 86.1 Å². The van der Waals surface area contributed by atoms with Gasteiger partial charge in [0.25, 0.3) is 0 Å². The average Bonchev–Trinajstić information content (AvgIpc) is 3.77. The number of aromatic nitrogens is 1. The number of pyridine rings is 1. The highest BCUT2D eigenvalue weighted by Crippen LogP contribution is 2.49. The minimum absolute atomic E-state index is 0.0464. The fraction of sp³-hybridized carbons (Fsp3) is 0.395. The van der Waals surface area contributed by atoms with E-state index >= 15 is 0 Å². The monoisotopic (exact) mass is 847 g/mol. The first-order chi connectivity index (χ1) is 27.6. The second-order valence-electron chi connectivity index (χ2n) is 15.7. The number of benzene rings is 2. The van der Waals surface area contributed by atoms with Crippen LogP contribution in [-0.2, 0) is 40.3 Å².